The molecule has 0 aromatic rings. The van der Waals surface area contributed by atoms with Crippen LogP contribution >= 0.6 is 0 Å². The van der Waals surface area contributed by atoms with Crippen LogP contribution in [0.1, 0.15) is 46.0 Å². The van der Waals surface area contributed by atoms with Crippen LogP contribution in [0.15, 0.2) is 0 Å². The molecule has 1 spiro atoms. The maximum atomic E-state index is 6.09. The summed E-state index contributed by atoms with van der Waals surface area (Å²) in [6.45, 7) is 11.8. The lowest BCUT2D eigenvalue weighted by atomic mass is 9.84. The van der Waals surface area contributed by atoms with Gasteiger partial charge in [-0.3, -0.25) is 0 Å². The Balaban J connectivity index is 1.70. The van der Waals surface area contributed by atoms with E-state index in [2.05, 4.69) is 24.1 Å². The van der Waals surface area contributed by atoms with E-state index >= 15 is 0 Å². The first-order valence-electron chi connectivity index (χ1n) is 8.45. The Bertz CT molecular complexity index is 262. The van der Waals surface area contributed by atoms with E-state index in [4.69, 9.17) is 9.47 Å². The molecule has 2 aliphatic rings. The van der Waals surface area contributed by atoms with Crippen molar-refractivity contribution in [3.8, 4) is 0 Å². The summed E-state index contributed by atoms with van der Waals surface area (Å²) < 4.78 is 11.6. The van der Waals surface area contributed by atoms with Gasteiger partial charge in [0.15, 0.2) is 0 Å². The van der Waals surface area contributed by atoms with Crippen LogP contribution in [0, 0.1) is 0 Å². The summed E-state index contributed by atoms with van der Waals surface area (Å²) in [6.07, 6.45) is 5.71. The fourth-order valence-electron chi connectivity index (χ4n) is 3.46. The molecule has 118 valence electrons. The monoisotopic (exact) mass is 284 g/mol. The summed E-state index contributed by atoms with van der Waals surface area (Å²) in [4.78, 5) is 2.52. The van der Waals surface area contributed by atoms with Gasteiger partial charge in [0.25, 0.3) is 0 Å². The van der Waals surface area contributed by atoms with Gasteiger partial charge in [-0.1, -0.05) is 13.8 Å². The molecule has 0 aromatic heterocycles. The molecule has 0 aliphatic carbocycles. The van der Waals surface area contributed by atoms with Gasteiger partial charge in [-0.15, -0.1) is 0 Å². The Morgan fingerprint density at radius 3 is 2.65 bits per heavy atom. The second-order valence-corrected chi connectivity index (χ2v) is 6.22. The predicted octanol–water partition coefficient (Wildman–Crippen LogP) is 2.04. The van der Waals surface area contributed by atoms with Gasteiger partial charge in [-0.05, 0) is 45.2 Å². The highest BCUT2D eigenvalue weighted by Crippen LogP contribution is 2.34. The molecule has 2 rings (SSSR count). The summed E-state index contributed by atoms with van der Waals surface area (Å²) in [5.41, 5.74) is 0.113. The topological polar surface area (TPSA) is 33.7 Å². The maximum absolute atomic E-state index is 6.09. The van der Waals surface area contributed by atoms with Crippen LogP contribution in [0.25, 0.3) is 0 Å². The molecule has 2 heterocycles. The minimum atomic E-state index is 0.113. The Kier molecular flexibility index (Phi) is 6.75. The van der Waals surface area contributed by atoms with Crippen molar-refractivity contribution in [3.63, 3.8) is 0 Å². The zero-order chi connectivity index (χ0) is 14.3. The smallest absolute Gasteiger partial charge is 0.0741 e. The van der Waals surface area contributed by atoms with E-state index in [0.717, 1.165) is 65.1 Å². The molecule has 0 aromatic carbocycles. The lowest BCUT2D eigenvalue weighted by Crippen LogP contribution is -2.50. The van der Waals surface area contributed by atoms with E-state index < -0.39 is 0 Å². The standard InChI is InChI=1S/C16H32N2O2/c1-3-9-18(4-2)10-8-17-15-5-11-20-16(14-15)6-12-19-13-7-16/h15,17H,3-14H2,1-2H3. The van der Waals surface area contributed by atoms with Crippen molar-refractivity contribution in [2.75, 3.05) is 46.0 Å². The first kappa shape index (κ1) is 16.2. The molecule has 1 unspecified atom stereocenters. The van der Waals surface area contributed by atoms with Crippen molar-refractivity contribution >= 4 is 0 Å². The van der Waals surface area contributed by atoms with Crippen LogP contribution in [-0.4, -0.2) is 62.5 Å². The largest absolute Gasteiger partial charge is 0.381 e. The summed E-state index contributed by atoms with van der Waals surface area (Å²) in [6, 6.07) is 0.627. The number of nitrogens with one attached hydrogen (secondary N) is 1. The first-order valence-corrected chi connectivity index (χ1v) is 8.45. The Morgan fingerprint density at radius 1 is 1.15 bits per heavy atom. The highest BCUT2D eigenvalue weighted by Gasteiger charge is 2.38. The van der Waals surface area contributed by atoms with Crippen LogP contribution in [0.3, 0.4) is 0 Å². The third kappa shape index (κ3) is 4.69. The number of nitrogens with zero attached hydrogens (tertiary/aromatic N) is 1. The SMILES string of the molecule is CCCN(CC)CCNC1CCOC2(CCOCC2)C1. The van der Waals surface area contributed by atoms with Crippen molar-refractivity contribution in [1.29, 1.82) is 0 Å². The zero-order valence-electron chi connectivity index (χ0n) is 13.3. The van der Waals surface area contributed by atoms with E-state index in [-0.39, 0.29) is 5.60 Å². The molecule has 20 heavy (non-hydrogen) atoms. The molecule has 0 saturated carbocycles. The molecule has 0 radical (unpaired) electrons. The molecule has 2 fully saturated rings. The van der Waals surface area contributed by atoms with Crippen molar-refractivity contribution < 1.29 is 9.47 Å². The average molecular weight is 284 g/mol. The van der Waals surface area contributed by atoms with Gasteiger partial charge in [0.1, 0.15) is 0 Å². The second kappa shape index (κ2) is 8.32. The maximum Gasteiger partial charge on any atom is 0.0741 e. The summed E-state index contributed by atoms with van der Waals surface area (Å²) in [7, 11) is 0. The lowest BCUT2D eigenvalue weighted by Gasteiger charge is -2.43. The normalized spacial score (nSPS) is 26.2. The number of ether oxygens (including phenoxy) is 2. The van der Waals surface area contributed by atoms with Crippen LogP contribution in [0.4, 0.5) is 0 Å². The molecule has 2 aliphatic heterocycles. The third-order valence-electron chi connectivity index (χ3n) is 4.75. The molecular weight excluding hydrogens is 252 g/mol. The van der Waals surface area contributed by atoms with E-state index in [1.807, 2.05) is 0 Å². The first-order chi connectivity index (χ1) is 9.78. The Morgan fingerprint density at radius 2 is 1.95 bits per heavy atom. The van der Waals surface area contributed by atoms with Gasteiger partial charge in [0.2, 0.25) is 0 Å². The fourth-order valence-corrected chi connectivity index (χ4v) is 3.46. The molecule has 2 saturated heterocycles. The highest BCUT2D eigenvalue weighted by molar-refractivity contribution is 4.91. The summed E-state index contributed by atoms with van der Waals surface area (Å²) in [5, 5.41) is 3.75. The number of rotatable bonds is 7. The molecule has 1 atom stereocenters. The zero-order valence-corrected chi connectivity index (χ0v) is 13.3. The van der Waals surface area contributed by atoms with Crippen molar-refractivity contribution in [2.45, 2.75) is 57.6 Å². The molecule has 0 amide bonds. The molecule has 4 heteroatoms. The van der Waals surface area contributed by atoms with Gasteiger partial charge in [0, 0.05) is 39.0 Å². The minimum absolute atomic E-state index is 0.113. The van der Waals surface area contributed by atoms with Gasteiger partial charge in [-0.25, -0.2) is 0 Å². The van der Waals surface area contributed by atoms with Gasteiger partial charge >= 0.3 is 0 Å². The van der Waals surface area contributed by atoms with Crippen molar-refractivity contribution in [3.05, 3.63) is 0 Å². The molecule has 0 bridgehead atoms. The van der Waals surface area contributed by atoms with Crippen LogP contribution in [-0.2, 0) is 9.47 Å². The summed E-state index contributed by atoms with van der Waals surface area (Å²) >= 11 is 0. The fraction of sp³-hybridized carbons (Fsp3) is 1.00. The molecule has 1 N–H and O–H groups in total. The molecule has 4 nitrogen and oxygen atoms in total. The third-order valence-corrected chi connectivity index (χ3v) is 4.75. The van der Waals surface area contributed by atoms with Crippen LogP contribution < -0.4 is 5.32 Å². The predicted molar refractivity (Wildman–Crippen MR) is 82.2 cm³/mol. The van der Waals surface area contributed by atoms with E-state index in [0.29, 0.717) is 6.04 Å². The van der Waals surface area contributed by atoms with Crippen LogP contribution in [0.5, 0.6) is 0 Å². The number of hydrogen-bond donors (Lipinski definition) is 1. The lowest BCUT2D eigenvalue weighted by molar-refractivity contribution is -0.140. The van der Waals surface area contributed by atoms with Crippen molar-refractivity contribution in [1.82, 2.24) is 10.2 Å². The second-order valence-electron chi connectivity index (χ2n) is 6.22. The van der Waals surface area contributed by atoms with E-state index in [9.17, 15) is 0 Å². The molecular formula is C16H32N2O2. The van der Waals surface area contributed by atoms with Gasteiger partial charge in [-0.2, -0.15) is 0 Å². The number of likely N-dealkylation sites (N-methyl/N-ethyl adjacent to an activating group) is 1. The van der Waals surface area contributed by atoms with E-state index in [1.54, 1.807) is 0 Å². The highest BCUT2D eigenvalue weighted by atomic mass is 16.5. The van der Waals surface area contributed by atoms with Gasteiger partial charge < -0.3 is 19.7 Å². The number of hydrogen-bond acceptors (Lipinski definition) is 4. The van der Waals surface area contributed by atoms with E-state index in [1.165, 1.54) is 13.0 Å². The average Bonchev–Trinajstić information content (AvgIpc) is 2.47. The minimum Gasteiger partial charge on any atom is -0.381 e. The Hall–Kier alpha value is -0.160. The van der Waals surface area contributed by atoms with Crippen LogP contribution in [0.2, 0.25) is 0 Å². The quantitative estimate of drug-likeness (QED) is 0.776. The van der Waals surface area contributed by atoms with Crippen molar-refractivity contribution in [2.24, 2.45) is 0 Å². The summed E-state index contributed by atoms with van der Waals surface area (Å²) in [5.74, 6) is 0. The Labute approximate surface area is 124 Å². The van der Waals surface area contributed by atoms with Gasteiger partial charge in [0.05, 0.1) is 5.60 Å².